The smallest absolute Gasteiger partial charge is 0.391 e. The second kappa shape index (κ2) is 39.5. The molecule has 0 radical (unpaired) electrons. The summed E-state index contributed by atoms with van der Waals surface area (Å²) in [7, 11) is -5.05. The molecule has 13 heteroatoms. The van der Waals surface area contributed by atoms with Gasteiger partial charge in [0.2, 0.25) is 5.91 Å². The number of carbonyl (C=O) groups excluding carboxylic acids is 1. The van der Waals surface area contributed by atoms with Gasteiger partial charge in [0.1, 0.15) is 36.6 Å². The Balaban J connectivity index is 2.30. The van der Waals surface area contributed by atoms with Crippen molar-refractivity contribution in [2.45, 2.75) is 300 Å². The highest BCUT2D eigenvalue weighted by Gasteiger charge is 2.51. The third kappa shape index (κ3) is 30.5. The summed E-state index contributed by atoms with van der Waals surface area (Å²) in [5, 5.41) is 64.2. The van der Waals surface area contributed by atoms with Crippen LogP contribution in [0.15, 0.2) is 0 Å². The maximum atomic E-state index is 13.0. The Labute approximate surface area is 378 Å². The molecule has 0 aliphatic heterocycles. The second-order valence-electron chi connectivity index (χ2n) is 18.7. The fourth-order valence-corrected chi connectivity index (χ4v) is 9.64. The minimum atomic E-state index is -5.05. The number of hydrogen-bond acceptors (Lipinski definition) is 10. The number of phosphoric acid groups is 1. The van der Waals surface area contributed by atoms with Crippen LogP contribution in [0, 0.1) is 0 Å². The van der Waals surface area contributed by atoms with Crippen molar-refractivity contribution in [3.63, 3.8) is 0 Å². The summed E-state index contributed by atoms with van der Waals surface area (Å²) in [5.41, 5.74) is 0. The maximum absolute atomic E-state index is 13.0. The van der Waals surface area contributed by atoms with Gasteiger partial charge in [-0.1, -0.05) is 232 Å². The Morgan fingerprint density at radius 1 is 0.484 bits per heavy atom. The van der Waals surface area contributed by atoms with E-state index in [0.29, 0.717) is 19.3 Å². The summed E-state index contributed by atoms with van der Waals surface area (Å²) in [4.78, 5) is 23.4. The van der Waals surface area contributed by atoms with Gasteiger partial charge in [0, 0.05) is 6.42 Å². The van der Waals surface area contributed by atoms with Crippen LogP contribution in [0.4, 0.5) is 0 Å². The lowest BCUT2D eigenvalue weighted by molar-refractivity contribution is -0.220. The van der Waals surface area contributed by atoms with Gasteiger partial charge in [0.15, 0.2) is 0 Å². The molecule has 1 amide bonds. The average Bonchev–Trinajstić information content (AvgIpc) is 3.25. The monoisotopic (exact) mass is 908 g/mol. The number of amides is 1. The molecule has 9 atom stereocenters. The van der Waals surface area contributed by atoms with Crippen LogP contribution in [0.5, 0.6) is 0 Å². The highest BCUT2D eigenvalue weighted by Crippen LogP contribution is 2.47. The van der Waals surface area contributed by atoms with Crippen LogP contribution in [-0.4, -0.2) is 96.8 Å². The van der Waals surface area contributed by atoms with E-state index in [9.17, 15) is 44.9 Å². The van der Waals surface area contributed by atoms with Gasteiger partial charge in [0.05, 0.1) is 18.8 Å². The Bertz CT molecular complexity index is 1060. The van der Waals surface area contributed by atoms with E-state index in [1.165, 1.54) is 173 Å². The van der Waals surface area contributed by atoms with Crippen LogP contribution in [-0.2, 0) is 18.4 Å². The van der Waals surface area contributed by atoms with E-state index < -0.39 is 63.2 Å². The SMILES string of the molecule is CCCCCCCCCCCCCCCCCCCCCCCCCCC(=O)N[C@@H](COP(=O)(O)OC1C(O)C(O)C(O)[C@@H](O)C1O)[C@H](O)CCCCCCCCCCCCC. The fraction of sp³-hybridized carbons (Fsp3) is 0.980. The molecule has 0 saturated heterocycles. The number of carbonyl (C=O) groups is 1. The standard InChI is InChI=1S/C49H98NO11P/c1-3-5-7-9-11-13-15-16-17-18-19-20-21-22-23-24-25-26-27-29-31-33-35-37-39-43(52)50-41(42(51)38-36-34-32-30-28-14-12-10-8-6-4-2)40-60-62(58,59)61-49-47(56)45(54)44(53)46(55)48(49)57/h41-42,44-49,51,53-57H,3-40H2,1-2H3,(H,50,52)(H,58,59)/t41-,42+,44?,45+,46?,47?,48?,49?/m0/s1. The third-order valence-corrected chi connectivity index (χ3v) is 13.9. The number of rotatable bonds is 44. The zero-order chi connectivity index (χ0) is 45.7. The first kappa shape index (κ1) is 59.4. The van der Waals surface area contributed by atoms with Gasteiger partial charge < -0.3 is 40.8 Å². The summed E-state index contributed by atoms with van der Waals surface area (Å²) >= 11 is 0. The Hall–Kier alpha value is -0.660. The van der Waals surface area contributed by atoms with Gasteiger partial charge in [-0.05, 0) is 12.8 Å². The lowest BCUT2D eigenvalue weighted by Crippen LogP contribution is -2.64. The number of aliphatic hydroxyl groups excluding tert-OH is 6. The first-order chi connectivity index (χ1) is 29.9. The van der Waals surface area contributed by atoms with Crippen molar-refractivity contribution in [3.05, 3.63) is 0 Å². The zero-order valence-corrected chi connectivity index (χ0v) is 40.6. The average molecular weight is 908 g/mol. The summed E-state index contributed by atoms with van der Waals surface area (Å²) in [5.74, 6) is -0.303. The van der Waals surface area contributed by atoms with Crippen LogP contribution in [0.2, 0.25) is 0 Å². The van der Waals surface area contributed by atoms with E-state index in [1.54, 1.807) is 0 Å². The molecule has 0 aromatic heterocycles. The quantitative estimate of drug-likeness (QED) is 0.0213. The first-order valence-corrected chi connectivity index (χ1v) is 27.5. The number of phosphoric ester groups is 1. The van der Waals surface area contributed by atoms with E-state index in [2.05, 4.69) is 19.2 Å². The zero-order valence-electron chi connectivity index (χ0n) is 39.7. The van der Waals surface area contributed by atoms with Crippen LogP contribution >= 0.6 is 7.82 Å². The summed E-state index contributed by atoms with van der Waals surface area (Å²) in [6, 6.07) is -1.02. The van der Waals surface area contributed by atoms with E-state index in [4.69, 9.17) is 9.05 Å². The Morgan fingerprint density at radius 3 is 1.11 bits per heavy atom. The van der Waals surface area contributed by atoms with Crippen molar-refractivity contribution < 1.29 is 53.9 Å². The molecule has 12 nitrogen and oxygen atoms in total. The van der Waals surface area contributed by atoms with Crippen LogP contribution in [0.25, 0.3) is 0 Å². The predicted molar refractivity (Wildman–Crippen MR) is 251 cm³/mol. The van der Waals surface area contributed by atoms with Gasteiger partial charge in [-0.2, -0.15) is 0 Å². The molecule has 6 unspecified atom stereocenters. The lowest BCUT2D eigenvalue weighted by Gasteiger charge is -2.41. The summed E-state index contributed by atoms with van der Waals surface area (Å²) < 4.78 is 23.0. The van der Waals surface area contributed by atoms with Crippen LogP contribution in [0.3, 0.4) is 0 Å². The lowest BCUT2D eigenvalue weighted by atomic mass is 9.85. The summed E-state index contributed by atoms with van der Waals surface area (Å²) in [6.45, 7) is 3.90. The van der Waals surface area contributed by atoms with Gasteiger partial charge in [0.25, 0.3) is 0 Å². The Kier molecular flexibility index (Phi) is 37.8. The molecule has 8 N–H and O–H groups in total. The number of unbranched alkanes of at least 4 members (excludes halogenated alkanes) is 33. The highest BCUT2D eigenvalue weighted by atomic mass is 31.2. The molecule has 0 spiro atoms. The van der Waals surface area contributed by atoms with Crippen molar-refractivity contribution in [1.82, 2.24) is 5.32 Å². The number of aliphatic hydroxyl groups is 6. The first-order valence-electron chi connectivity index (χ1n) is 26.0. The molecule has 1 rings (SSSR count). The molecule has 1 aliphatic rings. The second-order valence-corrected chi connectivity index (χ2v) is 20.1. The van der Waals surface area contributed by atoms with Crippen molar-refractivity contribution >= 4 is 13.7 Å². The Morgan fingerprint density at radius 2 is 0.774 bits per heavy atom. The fourth-order valence-electron chi connectivity index (χ4n) is 8.67. The molecular weight excluding hydrogens is 810 g/mol. The number of nitrogens with one attached hydrogen (secondary N) is 1. The molecule has 0 aromatic carbocycles. The van der Waals surface area contributed by atoms with E-state index in [1.807, 2.05) is 0 Å². The van der Waals surface area contributed by atoms with Gasteiger partial charge in [-0.15, -0.1) is 0 Å². The third-order valence-electron chi connectivity index (χ3n) is 12.9. The topological polar surface area (TPSA) is 206 Å². The normalized spacial score (nSPS) is 22.4. The van der Waals surface area contributed by atoms with Gasteiger partial charge in [-0.3, -0.25) is 13.8 Å². The molecule has 370 valence electrons. The molecule has 0 aromatic rings. The van der Waals surface area contributed by atoms with Gasteiger partial charge >= 0.3 is 7.82 Å². The van der Waals surface area contributed by atoms with Crippen LogP contribution in [0.1, 0.15) is 251 Å². The van der Waals surface area contributed by atoms with Crippen molar-refractivity contribution in [3.8, 4) is 0 Å². The molecular formula is C49H98NO11P. The minimum absolute atomic E-state index is 0.243. The van der Waals surface area contributed by atoms with Crippen molar-refractivity contribution in [2.75, 3.05) is 6.61 Å². The van der Waals surface area contributed by atoms with Crippen LogP contribution < -0.4 is 5.32 Å². The van der Waals surface area contributed by atoms with E-state index in [-0.39, 0.29) is 12.3 Å². The van der Waals surface area contributed by atoms with Crippen molar-refractivity contribution in [2.24, 2.45) is 0 Å². The minimum Gasteiger partial charge on any atom is -0.391 e. The largest absolute Gasteiger partial charge is 0.472 e. The molecule has 1 saturated carbocycles. The molecule has 1 fully saturated rings. The maximum Gasteiger partial charge on any atom is 0.472 e. The van der Waals surface area contributed by atoms with E-state index >= 15 is 0 Å². The summed E-state index contributed by atoms with van der Waals surface area (Å²) in [6.07, 6.45) is 31.5. The number of hydrogen-bond donors (Lipinski definition) is 8. The predicted octanol–water partition coefficient (Wildman–Crippen LogP) is 10.6. The molecule has 62 heavy (non-hydrogen) atoms. The molecule has 1 aliphatic carbocycles. The van der Waals surface area contributed by atoms with Gasteiger partial charge in [-0.25, -0.2) is 4.57 Å². The van der Waals surface area contributed by atoms with E-state index in [0.717, 1.165) is 38.5 Å². The van der Waals surface area contributed by atoms with Crippen molar-refractivity contribution in [1.29, 1.82) is 0 Å². The molecule has 0 bridgehead atoms. The highest BCUT2D eigenvalue weighted by molar-refractivity contribution is 7.47. The molecule has 0 heterocycles.